The highest BCUT2D eigenvalue weighted by Crippen LogP contribution is 2.09. The molecule has 7 heteroatoms. The summed E-state index contributed by atoms with van der Waals surface area (Å²) in [6.45, 7) is 11.3. The molecule has 0 aliphatic carbocycles. The first-order valence-electron chi connectivity index (χ1n) is 9.68. The van der Waals surface area contributed by atoms with E-state index < -0.39 is 0 Å². The van der Waals surface area contributed by atoms with E-state index in [1.54, 1.807) is 7.11 Å². The summed E-state index contributed by atoms with van der Waals surface area (Å²) in [6.07, 6.45) is 6.68. The monoisotopic (exact) mass is 469 g/mol. The summed E-state index contributed by atoms with van der Waals surface area (Å²) in [7, 11) is 3.86. The second-order valence-corrected chi connectivity index (χ2v) is 6.59. The molecule has 1 aliphatic rings. The molecule has 0 atom stereocenters. The van der Waals surface area contributed by atoms with Gasteiger partial charge in [-0.3, -0.25) is 4.99 Å². The number of likely N-dealkylation sites (tertiary alicyclic amines) is 1. The highest BCUT2D eigenvalue weighted by molar-refractivity contribution is 14.0. The number of nitrogens with zero attached hydrogens (tertiary/aromatic N) is 3. The van der Waals surface area contributed by atoms with Crippen molar-refractivity contribution in [3.05, 3.63) is 0 Å². The minimum atomic E-state index is 0. The molecule has 1 saturated heterocycles. The molecule has 1 heterocycles. The quantitative estimate of drug-likeness (QED) is 0.210. The summed E-state index contributed by atoms with van der Waals surface area (Å²) >= 11 is 0. The average molecular weight is 469 g/mol. The van der Waals surface area contributed by atoms with Crippen molar-refractivity contribution >= 4 is 29.9 Å². The van der Waals surface area contributed by atoms with Crippen molar-refractivity contribution in [2.75, 3.05) is 73.1 Å². The van der Waals surface area contributed by atoms with Crippen LogP contribution in [0, 0.1) is 0 Å². The summed E-state index contributed by atoms with van der Waals surface area (Å²) in [5.74, 6) is 0.938. The molecule has 0 saturated carbocycles. The molecule has 0 aromatic heterocycles. The third-order valence-corrected chi connectivity index (χ3v) is 4.41. The van der Waals surface area contributed by atoms with Crippen LogP contribution in [-0.2, 0) is 4.74 Å². The van der Waals surface area contributed by atoms with Crippen LogP contribution < -0.4 is 10.6 Å². The van der Waals surface area contributed by atoms with Crippen LogP contribution >= 0.6 is 24.0 Å². The van der Waals surface area contributed by atoms with Crippen LogP contribution in [0.25, 0.3) is 0 Å². The summed E-state index contributed by atoms with van der Waals surface area (Å²) in [6, 6.07) is 0. The molecular formula is C18H40IN5O. The average Bonchev–Trinajstić information content (AvgIpc) is 2.85. The van der Waals surface area contributed by atoms with Gasteiger partial charge >= 0.3 is 0 Å². The van der Waals surface area contributed by atoms with Gasteiger partial charge in [0.2, 0.25) is 0 Å². The number of hydrogen-bond acceptors (Lipinski definition) is 4. The Morgan fingerprint density at radius 2 is 1.84 bits per heavy atom. The summed E-state index contributed by atoms with van der Waals surface area (Å²) in [4.78, 5) is 9.57. The molecule has 1 rings (SSSR count). The maximum atomic E-state index is 5.10. The Bertz CT molecular complexity index is 323. The first-order valence-corrected chi connectivity index (χ1v) is 9.68. The zero-order valence-corrected chi connectivity index (χ0v) is 18.9. The van der Waals surface area contributed by atoms with Gasteiger partial charge in [-0.05, 0) is 52.9 Å². The molecular weight excluding hydrogens is 429 g/mol. The normalized spacial score (nSPS) is 16.4. The van der Waals surface area contributed by atoms with Gasteiger partial charge in [0.1, 0.15) is 0 Å². The zero-order valence-electron chi connectivity index (χ0n) is 16.6. The molecule has 25 heavy (non-hydrogen) atoms. The Kier molecular flexibility index (Phi) is 17.2. The van der Waals surface area contributed by atoms with Crippen molar-refractivity contribution in [2.24, 2.45) is 4.99 Å². The van der Waals surface area contributed by atoms with Gasteiger partial charge in [0.25, 0.3) is 0 Å². The first kappa shape index (κ1) is 24.9. The Balaban J connectivity index is 0.00000576. The van der Waals surface area contributed by atoms with Crippen LogP contribution in [-0.4, -0.2) is 88.9 Å². The lowest BCUT2D eigenvalue weighted by molar-refractivity contribution is 0.162. The standard InChI is InChI=1S/C18H39N5O.HI/c1-4-19-18(21-11-15-22(2)16-17-24-3)20-10-9-14-23-12-7-5-6-8-13-23;/h4-17H2,1-3H3,(H2,19,20,21);1H. The zero-order chi connectivity index (χ0) is 17.5. The van der Waals surface area contributed by atoms with E-state index in [4.69, 9.17) is 9.73 Å². The number of nitrogens with one attached hydrogen (secondary N) is 2. The smallest absolute Gasteiger partial charge is 0.191 e. The van der Waals surface area contributed by atoms with Crippen molar-refractivity contribution in [1.82, 2.24) is 20.4 Å². The van der Waals surface area contributed by atoms with Gasteiger partial charge in [-0.2, -0.15) is 0 Å². The van der Waals surface area contributed by atoms with Crippen molar-refractivity contribution in [2.45, 2.75) is 39.0 Å². The third kappa shape index (κ3) is 13.7. The van der Waals surface area contributed by atoms with Gasteiger partial charge in [-0.25, -0.2) is 0 Å². The van der Waals surface area contributed by atoms with Crippen LogP contribution in [0.4, 0.5) is 0 Å². The number of rotatable bonds is 11. The van der Waals surface area contributed by atoms with E-state index in [1.807, 2.05) is 0 Å². The van der Waals surface area contributed by atoms with E-state index in [0.29, 0.717) is 0 Å². The van der Waals surface area contributed by atoms with Gasteiger partial charge in [-0.15, -0.1) is 24.0 Å². The molecule has 6 nitrogen and oxygen atoms in total. The summed E-state index contributed by atoms with van der Waals surface area (Å²) in [5, 5.41) is 6.75. The van der Waals surface area contributed by atoms with Crippen molar-refractivity contribution in [1.29, 1.82) is 0 Å². The number of likely N-dealkylation sites (N-methyl/N-ethyl adjacent to an activating group) is 1. The highest BCUT2D eigenvalue weighted by Gasteiger charge is 2.08. The minimum absolute atomic E-state index is 0. The van der Waals surface area contributed by atoms with Crippen LogP contribution in [0.2, 0.25) is 0 Å². The Hall–Kier alpha value is -0.120. The van der Waals surface area contributed by atoms with E-state index in [0.717, 1.165) is 51.7 Å². The molecule has 0 bridgehead atoms. The maximum absolute atomic E-state index is 5.10. The van der Waals surface area contributed by atoms with Crippen molar-refractivity contribution in [3.8, 4) is 0 Å². The lowest BCUT2D eigenvalue weighted by atomic mass is 10.2. The highest BCUT2D eigenvalue weighted by atomic mass is 127. The van der Waals surface area contributed by atoms with Gasteiger partial charge < -0.3 is 25.2 Å². The van der Waals surface area contributed by atoms with E-state index in [9.17, 15) is 0 Å². The SMILES string of the molecule is CCNC(=NCCCN1CCCCCC1)NCCN(C)CCOC.I. The lowest BCUT2D eigenvalue weighted by Crippen LogP contribution is -2.41. The van der Waals surface area contributed by atoms with Gasteiger partial charge in [0.05, 0.1) is 6.61 Å². The predicted molar refractivity (Wildman–Crippen MR) is 118 cm³/mol. The molecule has 0 spiro atoms. The fourth-order valence-electron chi connectivity index (χ4n) is 2.91. The molecule has 150 valence electrons. The molecule has 0 radical (unpaired) electrons. The Morgan fingerprint density at radius 1 is 1.12 bits per heavy atom. The van der Waals surface area contributed by atoms with Crippen LogP contribution in [0.1, 0.15) is 39.0 Å². The molecule has 0 unspecified atom stereocenters. The number of halogens is 1. The van der Waals surface area contributed by atoms with Crippen LogP contribution in [0.15, 0.2) is 4.99 Å². The molecule has 1 fully saturated rings. The number of aliphatic imine (C=N–C) groups is 1. The van der Waals surface area contributed by atoms with Crippen LogP contribution in [0.3, 0.4) is 0 Å². The van der Waals surface area contributed by atoms with Gasteiger partial charge in [-0.1, -0.05) is 12.8 Å². The molecule has 0 aromatic rings. The largest absolute Gasteiger partial charge is 0.383 e. The van der Waals surface area contributed by atoms with Crippen LogP contribution in [0.5, 0.6) is 0 Å². The maximum Gasteiger partial charge on any atom is 0.191 e. The Labute approximate surface area is 172 Å². The number of guanidine groups is 1. The molecule has 1 aliphatic heterocycles. The van der Waals surface area contributed by atoms with Gasteiger partial charge in [0, 0.05) is 39.8 Å². The number of ether oxygens (including phenoxy) is 1. The second-order valence-electron chi connectivity index (χ2n) is 6.59. The van der Waals surface area contributed by atoms with Crippen molar-refractivity contribution < 1.29 is 4.74 Å². The van der Waals surface area contributed by atoms with E-state index in [-0.39, 0.29) is 24.0 Å². The first-order chi connectivity index (χ1) is 11.8. The third-order valence-electron chi connectivity index (χ3n) is 4.41. The fraction of sp³-hybridized carbons (Fsp3) is 0.944. The number of methoxy groups -OCH3 is 1. The van der Waals surface area contributed by atoms with E-state index >= 15 is 0 Å². The fourth-order valence-corrected chi connectivity index (χ4v) is 2.91. The second kappa shape index (κ2) is 17.3. The lowest BCUT2D eigenvalue weighted by Gasteiger charge is -2.19. The molecule has 2 N–H and O–H groups in total. The Morgan fingerprint density at radius 3 is 2.48 bits per heavy atom. The van der Waals surface area contributed by atoms with Gasteiger partial charge in [0.15, 0.2) is 5.96 Å². The minimum Gasteiger partial charge on any atom is -0.383 e. The van der Waals surface area contributed by atoms with E-state index in [2.05, 4.69) is 34.4 Å². The predicted octanol–water partition coefficient (Wildman–Crippen LogP) is 2.00. The molecule has 0 amide bonds. The molecule has 0 aromatic carbocycles. The van der Waals surface area contributed by atoms with Crippen molar-refractivity contribution in [3.63, 3.8) is 0 Å². The van der Waals surface area contributed by atoms with E-state index in [1.165, 1.54) is 45.3 Å². The summed E-state index contributed by atoms with van der Waals surface area (Å²) in [5.41, 5.74) is 0. The topological polar surface area (TPSA) is 52.1 Å². The summed E-state index contributed by atoms with van der Waals surface area (Å²) < 4.78 is 5.10. The number of hydrogen-bond donors (Lipinski definition) is 2.